The van der Waals surface area contributed by atoms with Crippen LogP contribution in [-0.2, 0) is 17.6 Å². The van der Waals surface area contributed by atoms with Crippen molar-refractivity contribution in [3.8, 4) is 11.5 Å². The molecule has 0 aliphatic carbocycles. The maximum Gasteiger partial charge on any atom is 0.226 e. The van der Waals surface area contributed by atoms with Crippen molar-refractivity contribution >= 4 is 17.5 Å². The van der Waals surface area contributed by atoms with E-state index < -0.39 is 0 Å². The molecule has 0 fully saturated rings. The Kier molecular flexibility index (Phi) is 5.76. The Morgan fingerprint density at radius 1 is 1.28 bits per heavy atom. The predicted octanol–water partition coefficient (Wildman–Crippen LogP) is 3.14. The second-order valence-electron chi connectivity index (χ2n) is 6.02. The van der Waals surface area contributed by atoms with E-state index in [2.05, 4.69) is 4.98 Å². The summed E-state index contributed by atoms with van der Waals surface area (Å²) in [5.74, 6) is 1.21. The van der Waals surface area contributed by atoms with Crippen molar-refractivity contribution < 1.29 is 14.3 Å². The van der Waals surface area contributed by atoms with Gasteiger partial charge in [-0.25, -0.2) is 0 Å². The first-order valence-electron chi connectivity index (χ1n) is 8.35. The van der Waals surface area contributed by atoms with Crippen LogP contribution >= 0.6 is 11.6 Å². The minimum Gasteiger partial charge on any atom is -0.489 e. The summed E-state index contributed by atoms with van der Waals surface area (Å²) in [6, 6.07) is 9.41. The number of carbonyl (C=O) groups is 1. The third kappa shape index (κ3) is 4.63. The Bertz CT molecular complexity index is 737. The molecule has 2 heterocycles. The summed E-state index contributed by atoms with van der Waals surface area (Å²) in [6.07, 6.45) is 3.58. The van der Waals surface area contributed by atoms with E-state index in [0.717, 1.165) is 24.1 Å². The molecular formula is C19H21ClN2O3. The number of halogens is 1. The fourth-order valence-electron chi connectivity index (χ4n) is 2.65. The summed E-state index contributed by atoms with van der Waals surface area (Å²) in [5, 5.41) is 0.485. The van der Waals surface area contributed by atoms with Crippen LogP contribution in [0.2, 0.25) is 5.02 Å². The number of fused-ring (bicyclic) bond motifs is 1. The van der Waals surface area contributed by atoms with Gasteiger partial charge >= 0.3 is 0 Å². The minimum atomic E-state index is 0.0292. The highest BCUT2D eigenvalue weighted by Crippen LogP contribution is 2.38. The van der Waals surface area contributed by atoms with Gasteiger partial charge in [-0.05, 0) is 29.8 Å². The summed E-state index contributed by atoms with van der Waals surface area (Å²) in [7, 11) is 1.80. The molecule has 1 aliphatic heterocycles. The number of aromatic nitrogens is 1. The first-order valence-corrected chi connectivity index (χ1v) is 8.73. The Labute approximate surface area is 152 Å². The van der Waals surface area contributed by atoms with Crippen LogP contribution in [0.15, 0.2) is 36.5 Å². The van der Waals surface area contributed by atoms with E-state index in [1.54, 1.807) is 24.2 Å². The van der Waals surface area contributed by atoms with Gasteiger partial charge < -0.3 is 14.4 Å². The van der Waals surface area contributed by atoms with Gasteiger partial charge in [-0.3, -0.25) is 9.78 Å². The number of carbonyl (C=O) groups excluding carboxylic acids is 1. The molecule has 0 unspecified atom stereocenters. The summed E-state index contributed by atoms with van der Waals surface area (Å²) in [4.78, 5) is 18.5. The van der Waals surface area contributed by atoms with Crippen LogP contribution in [0.25, 0.3) is 0 Å². The molecule has 25 heavy (non-hydrogen) atoms. The zero-order valence-corrected chi connectivity index (χ0v) is 15.0. The van der Waals surface area contributed by atoms with Gasteiger partial charge in [0.2, 0.25) is 5.91 Å². The molecule has 0 spiro atoms. The molecule has 0 N–H and O–H groups in total. The number of pyridine rings is 1. The summed E-state index contributed by atoms with van der Waals surface area (Å²) in [5.41, 5.74) is 1.80. The summed E-state index contributed by atoms with van der Waals surface area (Å²) < 4.78 is 11.3. The van der Waals surface area contributed by atoms with Gasteiger partial charge in [0.05, 0.1) is 24.7 Å². The first-order chi connectivity index (χ1) is 12.1. The third-order valence-electron chi connectivity index (χ3n) is 4.07. The second-order valence-corrected chi connectivity index (χ2v) is 6.43. The zero-order chi connectivity index (χ0) is 17.6. The quantitative estimate of drug-likeness (QED) is 0.822. The van der Waals surface area contributed by atoms with Crippen molar-refractivity contribution in [2.45, 2.75) is 19.3 Å². The lowest BCUT2D eigenvalue weighted by Gasteiger charge is -2.18. The minimum absolute atomic E-state index is 0.0292. The normalized spacial score (nSPS) is 13.2. The van der Waals surface area contributed by atoms with E-state index in [0.29, 0.717) is 36.3 Å². The molecule has 5 nitrogen and oxygen atoms in total. The number of amides is 1. The molecule has 132 valence electrons. The van der Waals surface area contributed by atoms with Gasteiger partial charge in [-0.1, -0.05) is 17.7 Å². The number of ether oxygens (including phenoxy) is 2. The standard InChI is InChI=1S/C19H21ClN2O3/c1-22(8-6-15-5-2-3-7-21-15)18(23)13-14-11-16(20)19-17(12-14)24-9-4-10-25-19/h2-3,5,7,11-12H,4,6,8-10,13H2,1H3. The molecule has 2 aromatic rings. The van der Waals surface area contributed by atoms with Crippen molar-refractivity contribution in [1.29, 1.82) is 0 Å². The van der Waals surface area contributed by atoms with Crippen LogP contribution < -0.4 is 9.47 Å². The molecule has 6 heteroatoms. The topological polar surface area (TPSA) is 51.7 Å². The van der Waals surface area contributed by atoms with E-state index in [4.69, 9.17) is 21.1 Å². The molecule has 0 radical (unpaired) electrons. The lowest BCUT2D eigenvalue weighted by atomic mass is 10.1. The Balaban J connectivity index is 1.62. The average molecular weight is 361 g/mol. The summed E-state index contributed by atoms with van der Waals surface area (Å²) in [6.45, 7) is 1.79. The molecule has 0 saturated heterocycles. The van der Waals surface area contributed by atoms with E-state index in [-0.39, 0.29) is 12.3 Å². The third-order valence-corrected chi connectivity index (χ3v) is 4.35. The number of rotatable bonds is 5. The largest absolute Gasteiger partial charge is 0.489 e. The van der Waals surface area contributed by atoms with E-state index in [1.165, 1.54) is 0 Å². The van der Waals surface area contributed by atoms with Crippen molar-refractivity contribution in [2.75, 3.05) is 26.8 Å². The zero-order valence-electron chi connectivity index (χ0n) is 14.2. The molecule has 1 aromatic carbocycles. The van der Waals surface area contributed by atoms with Crippen LogP contribution in [0.4, 0.5) is 0 Å². The molecule has 1 aromatic heterocycles. The van der Waals surface area contributed by atoms with Crippen LogP contribution in [0.3, 0.4) is 0 Å². The number of benzene rings is 1. The monoisotopic (exact) mass is 360 g/mol. The lowest BCUT2D eigenvalue weighted by molar-refractivity contribution is -0.129. The SMILES string of the molecule is CN(CCc1ccccn1)C(=O)Cc1cc(Cl)c2c(c1)OCCCO2. The molecule has 1 aliphatic rings. The van der Waals surface area contributed by atoms with Gasteiger partial charge in [0.1, 0.15) is 0 Å². The Morgan fingerprint density at radius 3 is 2.92 bits per heavy atom. The average Bonchev–Trinajstić information content (AvgIpc) is 2.86. The van der Waals surface area contributed by atoms with Gasteiger partial charge in [-0.15, -0.1) is 0 Å². The van der Waals surface area contributed by atoms with E-state index in [9.17, 15) is 4.79 Å². The highest BCUT2D eigenvalue weighted by atomic mass is 35.5. The van der Waals surface area contributed by atoms with Crippen LogP contribution in [0.5, 0.6) is 11.5 Å². The lowest BCUT2D eigenvalue weighted by Crippen LogP contribution is -2.30. The van der Waals surface area contributed by atoms with Crippen LogP contribution in [0, 0.1) is 0 Å². The Morgan fingerprint density at radius 2 is 2.12 bits per heavy atom. The molecule has 1 amide bonds. The van der Waals surface area contributed by atoms with Crippen LogP contribution in [-0.4, -0.2) is 42.6 Å². The van der Waals surface area contributed by atoms with Gasteiger partial charge in [0.15, 0.2) is 11.5 Å². The number of hydrogen-bond acceptors (Lipinski definition) is 4. The van der Waals surface area contributed by atoms with Gasteiger partial charge in [0.25, 0.3) is 0 Å². The van der Waals surface area contributed by atoms with Crippen molar-refractivity contribution in [1.82, 2.24) is 9.88 Å². The predicted molar refractivity (Wildman–Crippen MR) is 96.3 cm³/mol. The van der Waals surface area contributed by atoms with E-state index >= 15 is 0 Å². The fourth-order valence-corrected chi connectivity index (χ4v) is 2.94. The van der Waals surface area contributed by atoms with Crippen molar-refractivity contribution in [3.63, 3.8) is 0 Å². The number of likely N-dealkylation sites (N-methyl/N-ethyl adjacent to an activating group) is 1. The maximum atomic E-state index is 12.5. The van der Waals surface area contributed by atoms with Crippen molar-refractivity contribution in [2.24, 2.45) is 0 Å². The summed E-state index contributed by atoms with van der Waals surface area (Å²) >= 11 is 6.29. The smallest absolute Gasteiger partial charge is 0.226 e. The molecule has 3 rings (SSSR count). The highest BCUT2D eigenvalue weighted by molar-refractivity contribution is 6.32. The first kappa shape index (κ1) is 17.5. The van der Waals surface area contributed by atoms with E-state index in [1.807, 2.05) is 24.3 Å². The molecule has 0 saturated carbocycles. The van der Waals surface area contributed by atoms with Gasteiger partial charge in [0, 0.05) is 38.3 Å². The molecule has 0 bridgehead atoms. The fraction of sp³-hybridized carbons (Fsp3) is 0.368. The van der Waals surface area contributed by atoms with Gasteiger partial charge in [-0.2, -0.15) is 0 Å². The molecular weight excluding hydrogens is 340 g/mol. The van der Waals surface area contributed by atoms with Crippen molar-refractivity contribution in [3.05, 3.63) is 52.8 Å². The number of hydrogen-bond donors (Lipinski definition) is 0. The maximum absolute atomic E-state index is 12.5. The highest BCUT2D eigenvalue weighted by Gasteiger charge is 2.18. The molecule has 0 atom stereocenters. The second kappa shape index (κ2) is 8.21. The van der Waals surface area contributed by atoms with Crippen LogP contribution in [0.1, 0.15) is 17.7 Å². The number of nitrogens with zero attached hydrogens (tertiary/aromatic N) is 2. The Hall–Kier alpha value is -2.27.